The number of anilines is 1. The Kier molecular flexibility index (Phi) is 5.06. The number of hydrogen-bond donors (Lipinski definition) is 1. The lowest BCUT2D eigenvalue weighted by atomic mass is 10.1. The van der Waals surface area contributed by atoms with E-state index in [4.69, 9.17) is 0 Å². The highest BCUT2D eigenvalue weighted by Crippen LogP contribution is 2.29. The smallest absolute Gasteiger partial charge is 0.367 e. The summed E-state index contributed by atoms with van der Waals surface area (Å²) in [4.78, 5) is 8.69. The molecule has 6 heteroatoms. The molecule has 0 aliphatic heterocycles. The maximum absolute atomic E-state index is 12.6. The zero-order chi connectivity index (χ0) is 17.9. The van der Waals surface area contributed by atoms with E-state index in [0.717, 1.165) is 36.4 Å². The van der Waals surface area contributed by atoms with Crippen molar-refractivity contribution in [3.63, 3.8) is 0 Å². The van der Waals surface area contributed by atoms with Gasteiger partial charge in [-0.1, -0.05) is 31.1 Å². The molecule has 0 unspecified atom stereocenters. The first-order valence-electron chi connectivity index (χ1n) is 8.37. The Hall–Kier alpha value is -2.37. The Morgan fingerprint density at radius 2 is 1.76 bits per heavy atom. The van der Waals surface area contributed by atoms with Crippen LogP contribution >= 0.6 is 0 Å². The summed E-state index contributed by atoms with van der Waals surface area (Å²) in [7, 11) is 0. The summed E-state index contributed by atoms with van der Waals surface area (Å²) < 4.78 is 37.8. The van der Waals surface area contributed by atoms with E-state index in [1.165, 1.54) is 25.0 Å². The fourth-order valence-electron chi connectivity index (χ4n) is 2.95. The standard InChI is InChI=1S/C19H20F3N3/c1-13-23-12-15(18(24-13)25-17-4-2-3-5-17)9-6-14-7-10-16(11-8-14)19(20,21)22/h6-12,17H,2-5H2,1H3,(H,23,24,25)/b9-6-. The molecular formula is C19H20F3N3. The number of hydrogen-bond acceptors (Lipinski definition) is 3. The summed E-state index contributed by atoms with van der Waals surface area (Å²) >= 11 is 0. The van der Waals surface area contributed by atoms with E-state index in [1.807, 2.05) is 13.0 Å². The Balaban J connectivity index is 1.78. The second-order valence-electron chi connectivity index (χ2n) is 6.30. The van der Waals surface area contributed by atoms with Crippen LogP contribution < -0.4 is 5.32 Å². The molecule has 1 N–H and O–H groups in total. The third-order valence-electron chi connectivity index (χ3n) is 4.33. The van der Waals surface area contributed by atoms with Crippen molar-refractivity contribution in [1.29, 1.82) is 0 Å². The second-order valence-corrected chi connectivity index (χ2v) is 6.30. The van der Waals surface area contributed by atoms with Gasteiger partial charge in [0.1, 0.15) is 11.6 Å². The predicted molar refractivity (Wildman–Crippen MR) is 93.0 cm³/mol. The number of nitrogens with one attached hydrogen (secondary N) is 1. The van der Waals surface area contributed by atoms with Gasteiger partial charge in [0, 0.05) is 17.8 Å². The van der Waals surface area contributed by atoms with E-state index in [9.17, 15) is 13.2 Å². The number of benzene rings is 1. The number of aromatic nitrogens is 2. The van der Waals surface area contributed by atoms with Gasteiger partial charge in [-0.3, -0.25) is 0 Å². The predicted octanol–water partition coefficient (Wildman–Crippen LogP) is 5.33. The van der Waals surface area contributed by atoms with Gasteiger partial charge in [0.05, 0.1) is 5.56 Å². The van der Waals surface area contributed by atoms with Crippen LogP contribution in [-0.2, 0) is 6.18 Å². The molecule has 1 aromatic heterocycles. The number of halogens is 3. The Morgan fingerprint density at radius 3 is 2.40 bits per heavy atom. The monoisotopic (exact) mass is 347 g/mol. The van der Waals surface area contributed by atoms with Gasteiger partial charge < -0.3 is 5.32 Å². The van der Waals surface area contributed by atoms with Gasteiger partial charge in [0.15, 0.2) is 0 Å². The van der Waals surface area contributed by atoms with Gasteiger partial charge in [0.2, 0.25) is 0 Å². The summed E-state index contributed by atoms with van der Waals surface area (Å²) in [6.45, 7) is 1.84. The van der Waals surface area contributed by atoms with Crippen LogP contribution in [0.1, 0.15) is 48.2 Å². The third kappa shape index (κ3) is 4.59. The third-order valence-corrected chi connectivity index (χ3v) is 4.33. The fourth-order valence-corrected chi connectivity index (χ4v) is 2.95. The van der Waals surface area contributed by atoms with Gasteiger partial charge in [-0.2, -0.15) is 13.2 Å². The molecule has 25 heavy (non-hydrogen) atoms. The SMILES string of the molecule is Cc1ncc(/C=C\c2ccc(C(F)(F)F)cc2)c(NC2CCCC2)n1. The average Bonchev–Trinajstić information content (AvgIpc) is 3.07. The molecule has 1 fully saturated rings. The summed E-state index contributed by atoms with van der Waals surface area (Å²) in [5, 5.41) is 3.46. The molecule has 1 aliphatic rings. The first-order chi connectivity index (χ1) is 11.9. The van der Waals surface area contributed by atoms with E-state index in [0.29, 0.717) is 17.4 Å². The van der Waals surface area contributed by atoms with Gasteiger partial charge >= 0.3 is 6.18 Å². The minimum Gasteiger partial charge on any atom is -0.367 e. The maximum atomic E-state index is 12.6. The lowest BCUT2D eigenvalue weighted by Gasteiger charge is -2.15. The molecule has 0 saturated heterocycles. The van der Waals surface area contributed by atoms with Gasteiger partial charge in [-0.25, -0.2) is 9.97 Å². The van der Waals surface area contributed by atoms with Crippen LogP contribution in [0.3, 0.4) is 0 Å². The molecule has 1 aromatic carbocycles. The summed E-state index contributed by atoms with van der Waals surface area (Å²) in [5.41, 5.74) is 0.879. The van der Waals surface area contributed by atoms with Crippen LogP contribution in [0, 0.1) is 6.92 Å². The van der Waals surface area contributed by atoms with Gasteiger partial charge in [0.25, 0.3) is 0 Å². The van der Waals surface area contributed by atoms with Gasteiger partial charge in [-0.05, 0) is 43.5 Å². The average molecular weight is 347 g/mol. The fraction of sp³-hybridized carbons (Fsp3) is 0.368. The molecule has 0 amide bonds. The van der Waals surface area contributed by atoms with E-state index in [2.05, 4.69) is 15.3 Å². The molecule has 0 radical (unpaired) electrons. The van der Waals surface area contributed by atoms with E-state index in [1.54, 1.807) is 12.3 Å². The first-order valence-corrected chi connectivity index (χ1v) is 8.37. The molecule has 1 aliphatic carbocycles. The van der Waals surface area contributed by atoms with Crippen LogP contribution in [0.25, 0.3) is 12.2 Å². The van der Waals surface area contributed by atoms with Crippen LogP contribution in [0.4, 0.5) is 19.0 Å². The number of nitrogens with zero attached hydrogens (tertiary/aromatic N) is 2. The summed E-state index contributed by atoms with van der Waals surface area (Å²) in [6.07, 6.45) is 5.73. The number of rotatable bonds is 4. The molecule has 0 bridgehead atoms. The zero-order valence-electron chi connectivity index (χ0n) is 14.0. The molecule has 132 valence electrons. The summed E-state index contributed by atoms with van der Waals surface area (Å²) in [5.74, 6) is 1.47. The van der Waals surface area contributed by atoms with Crippen molar-refractivity contribution in [1.82, 2.24) is 9.97 Å². The van der Waals surface area contributed by atoms with Crippen molar-refractivity contribution in [2.75, 3.05) is 5.32 Å². The largest absolute Gasteiger partial charge is 0.416 e. The molecule has 3 rings (SSSR count). The minimum atomic E-state index is -4.31. The van der Waals surface area contributed by atoms with Crippen LogP contribution in [0.2, 0.25) is 0 Å². The molecule has 0 atom stereocenters. The number of alkyl halides is 3. The highest BCUT2D eigenvalue weighted by Gasteiger charge is 2.29. The Morgan fingerprint density at radius 1 is 1.08 bits per heavy atom. The molecule has 1 heterocycles. The molecule has 0 spiro atoms. The lowest BCUT2D eigenvalue weighted by Crippen LogP contribution is -2.17. The Bertz CT molecular complexity index is 745. The van der Waals surface area contributed by atoms with Crippen LogP contribution in [0.5, 0.6) is 0 Å². The van der Waals surface area contributed by atoms with Crippen LogP contribution in [-0.4, -0.2) is 16.0 Å². The maximum Gasteiger partial charge on any atom is 0.416 e. The summed E-state index contributed by atoms with van der Waals surface area (Å²) in [6, 6.07) is 5.51. The van der Waals surface area contributed by atoms with Crippen molar-refractivity contribution >= 4 is 18.0 Å². The van der Waals surface area contributed by atoms with Crippen molar-refractivity contribution in [2.45, 2.75) is 44.8 Å². The molecule has 3 nitrogen and oxygen atoms in total. The highest BCUT2D eigenvalue weighted by atomic mass is 19.4. The number of aryl methyl sites for hydroxylation is 1. The van der Waals surface area contributed by atoms with Crippen molar-refractivity contribution < 1.29 is 13.2 Å². The first kappa shape index (κ1) is 17.5. The van der Waals surface area contributed by atoms with Crippen molar-refractivity contribution in [3.05, 3.63) is 53.0 Å². The molecular weight excluding hydrogens is 327 g/mol. The molecule has 2 aromatic rings. The highest BCUT2D eigenvalue weighted by molar-refractivity contribution is 5.74. The minimum absolute atomic E-state index is 0.424. The van der Waals surface area contributed by atoms with E-state index < -0.39 is 11.7 Å². The van der Waals surface area contributed by atoms with Crippen molar-refractivity contribution in [3.8, 4) is 0 Å². The topological polar surface area (TPSA) is 37.8 Å². The lowest BCUT2D eigenvalue weighted by molar-refractivity contribution is -0.137. The zero-order valence-corrected chi connectivity index (χ0v) is 14.0. The molecule has 1 saturated carbocycles. The van der Waals surface area contributed by atoms with Crippen molar-refractivity contribution in [2.24, 2.45) is 0 Å². The van der Waals surface area contributed by atoms with Crippen LogP contribution in [0.15, 0.2) is 30.5 Å². The quantitative estimate of drug-likeness (QED) is 0.812. The van der Waals surface area contributed by atoms with E-state index >= 15 is 0 Å². The normalized spacial score (nSPS) is 15.8. The Labute approximate surface area is 145 Å². The van der Waals surface area contributed by atoms with E-state index in [-0.39, 0.29) is 0 Å². The second kappa shape index (κ2) is 7.25. The van der Waals surface area contributed by atoms with Gasteiger partial charge in [-0.15, -0.1) is 0 Å².